The predicted molar refractivity (Wildman–Crippen MR) is 112 cm³/mol. The molecule has 0 fully saturated rings. The number of halogens is 2. The van der Waals surface area contributed by atoms with Crippen LogP contribution in [0.25, 0.3) is 22.3 Å². The van der Waals surface area contributed by atoms with Crippen molar-refractivity contribution in [3.8, 4) is 11.3 Å². The zero-order valence-corrected chi connectivity index (χ0v) is 16.1. The van der Waals surface area contributed by atoms with Crippen LogP contribution in [0, 0.1) is 12.7 Å². The third-order valence-electron chi connectivity index (χ3n) is 4.60. The summed E-state index contributed by atoms with van der Waals surface area (Å²) in [5.41, 5.74) is 1.14. The monoisotopic (exact) mass is 407 g/mol. The molecule has 0 saturated heterocycles. The van der Waals surface area contributed by atoms with Crippen LogP contribution in [0.5, 0.6) is 0 Å². The van der Waals surface area contributed by atoms with Crippen molar-refractivity contribution >= 4 is 34.2 Å². The molecule has 4 aromatic rings. The van der Waals surface area contributed by atoms with E-state index in [9.17, 15) is 14.0 Å². The van der Waals surface area contributed by atoms with E-state index in [1.54, 1.807) is 19.1 Å². The largest absolute Gasteiger partial charge is 0.455 e. The lowest BCUT2D eigenvalue weighted by Gasteiger charge is -2.11. The molecular weight excluding hydrogens is 393 g/mol. The molecular formula is C23H15ClFNO3. The molecule has 6 heteroatoms. The first-order valence-corrected chi connectivity index (χ1v) is 9.22. The van der Waals surface area contributed by atoms with Crippen molar-refractivity contribution < 1.29 is 13.6 Å². The molecule has 1 amide bonds. The molecule has 1 N–H and O–H groups in total. The van der Waals surface area contributed by atoms with Crippen molar-refractivity contribution in [2.24, 2.45) is 0 Å². The molecule has 0 saturated carbocycles. The van der Waals surface area contributed by atoms with E-state index >= 15 is 0 Å². The maximum atomic E-state index is 14.0. The summed E-state index contributed by atoms with van der Waals surface area (Å²) in [7, 11) is 0. The number of para-hydroxylation sites is 1. The number of amides is 1. The highest BCUT2D eigenvalue weighted by atomic mass is 35.5. The maximum Gasteiger partial charge on any atom is 0.259 e. The molecule has 0 aliphatic rings. The molecule has 3 aromatic carbocycles. The number of fused-ring (bicyclic) bond motifs is 1. The van der Waals surface area contributed by atoms with Gasteiger partial charge in [0.15, 0.2) is 11.0 Å². The molecule has 29 heavy (non-hydrogen) atoms. The molecule has 0 spiro atoms. The van der Waals surface area contributed by atoms with Crippen LogP contribution < -0.4 is 10.7 Å². The van der Waals surface area contributed by atoms with Gasteiger partial charge in [-0.3, -0.25) is 9.59 Å². The minimum Gasteiger partial charge on any atom is -0.455 e. The lowest BCUT2D eigenvalue weighted by Crippen LogP contribution is -2.15. The van der Waals surface area contributed by atoms with Gasteiger partial charge in [-0.25, -0.2) is 4.39 Å². The van der Waals surface area contributed by atoms with Gasteiger partial charge in [0.1, 0.15) is 11.6 Å². The summed E-state index contributed by atoms with van der Waals surface area (Å²) in [5.74, 6) is -0.842. The Kier molecular flexibility index (Phi) is 4.91. The Labute approximate surface area is 170 Å². The second kappa shape index (κ2) is 7.53. The van der Waals surface area contributed by atoms with Gasteiger partial charge in [-0.15, -0.1) is 0 Å². The van der Waals surface area contributed by atoms with Gasteiger partial charge in [-0.2, -0.15) is 0 Å². The first kappa shape index (κ1) is 18.9. The average molecular weight is 408 g/mol. The first-order valence-electron chi connectivity index (χ1n) is 8.84. The lowest BCUT2D eigenvalue weighted by atomic mass is 10.0. The maximum absolute atomic E-state index is 14.0. The molecule has 0 radical (unpaired) electrons. The van der Waals surface area contributed by atoms with Crippen molar-refractivity contribution in [1.29, 1.82) is 0 Å². The smallest absolute Gasteiger partial charge is 0.259 e. The Balaban J connectivity index is 1.87. The Morgan fingerprint density at radius 2 is 1.79 bits per heavy atom. The highest BCUT2D eigenvalue weighted by molar-refractivity contribution is 6.31. The van der Waals surface area contributed by atoms with Gasteiger partial charge in [-0.1, -0.05) is 48.0 Å². The summed E-state index contributed by atoms with van der Waals surface area (Å²) < 4.78 is 20.0. The fourth-order valence-electron chi connectivity index (χ4n) is 3.14. The highest BCUT2D eigenvalue weighted by Gasteiger charge is 2.19. The van der Waals surface area contributed by atoms with Crippen LogP contribution in [-0.4, -0.2) is 5.91 Å². The molecule has 0 aliphatic heterocycles. The molecule has 0 aliphatic carbocycles. The van der Waals surface area contributed by atoms with E-state index < -0.39 is 11.7 Å². The van der Waals surface area contributed by atoms with Crippen LogP contribution >= 0.6 is 11.6 Å². The number of rotatable bonds is 3. The van der Waals surface area contributed by atoms with Gasteiger partial charge < -0.3 is 9.73 Å². The second-order valence-corrected chi connectivity index (χ2v) is 6.95. The quantitative estimate of drug-likeness (QED) is 0.466. The van der Waals surface area contributed by atoms with E-state index in [4.69, 9.17) is 16.0 Å². The van der Waals surface area contributed by atoms with Gasteiger partial charge >= 0.3 is 0 Å². The van der Waals surface area contributed by atoms with Crippen LogP contribution in [0.15, 0.2) is 75.9 Å². The minimum absolute atomic E-state index is 0.0581. The van der Waals surface area contributed by atoms with E-state index in [2.05, 4.69) is 5.32 Å². The Morgan fingerprint density at radius 1 is 1.03 bits per heavy atom. The molecule has 0 atom stereocenters. The van der Waals surface area contributed by atoms with Gasteiger partial charge in [-0.05, 0) is 37.3 Å². The fourth-order valence-corrected chi connectivity index (χ4v) is 3.31. The number of hydrogen-bond acceptors (Lipinski definition) is 3. The van der Waals surface area contributed by atoms with Gasteiger partial charge in [0.2, 0.25) is 0 Å². The third kappa shape index (κ3) is 3.52. The van der Waals surface area contributed by atoms with Crippen molar-refractivity contribution in [2.45, 2.75) is 6.92 Å². The number of nitrogens with one attached hydrogen (secondary N) is 1. The van der Waals surface area contributed by atoms with Crippen LogP contribution in [0.3, 0.4) is 0 Å². The summed E-state index contributed by atoms with van der Waals surface area (Å²) in [6.45, 7) is 1.68. The normalized spacial score (nSPS) is 10.9. The summed E-state index contributed by atoms with van der Waals surface area (Å²) in [5, 5.41) is 3.06. The van der Waals surface area contributed by atoms with Gasteiger partial charge in [0.25, 0.3) is 5.91 Å². The zero-order chi connectivity index (χ0) is 20.5. The van der Waals surface area contributed by atoms with Crippen LogP contribution in [0.1, 0.15) is 15.9 Å². The molecule has 0 bridgehead atoms. The number of anilines is 1. The summed E-state index contributed by atoms with van der Waals surface area (Å²) in [6.07, 6.45) is 0. The Hall–Kier alpha value is -3.44. The summed E-state index contributed by atoms with van der Waals surface area (Å²) in [4.78, 5) is 25.7. The fraction of sp³-hybridized carbons (Fsp3) is 0.0435. The van der Waals surface area contributed by atoms with E-state index in [-0.39, 0.29) is 32.7 Å². The zero-order valence-electron chi connectivity index (χ0n) is 15.3. The van der Waals surface area contributed by atoms with Crippen LogP contribution in [0.2, 0.25) is 5.02 Å². The second-order valence-electron chi connectivity index (χ2n) is 6.51. The van der Waals surface area contributed by atoms with Crippen molar-refractivity contribution in [3.63, 3.8) is 0 Å². The van der Waals surface area contributed by atoms with Gasteiger partial charge in [0.05, 0.1) is 16.6 Å². The van der Waals surface area contributed by atoms with Crippen molar-refractivity contribution in [1.82, 2.24) is 0 Å². The van der Waals surface area contributed by atoms with Gasteiger partial charge in [0, 0.05) is 16.1 Å². The van der Waals surface area contributed by atoms with E-state index in [1.165, 1.54) is 18.2 Å². The summed E-state index contributed by atoms with van der Waals surface area (Å²) in [6, 6.07) is 17.7. The molecule has 4 nitrogen and oxygen atoms in total. The molecule has 0 unspecified atom stereocenters. The van der Waals surface area contributed by atoms with Crippen molar-refractivity contribution in [2.75, 3.05) is 5.32 Å². The molecule has 144 valence electrons. The minimum atomic E-state index is -0.620. The van der Waals surface area contributed by atoms with Crippen molar-refractivity contribution in [3.05, 3.63) is 98.9 Å². The number of hydrogen-bond donors (Lipinski definition) is 1. The summed E-state index contributed by atoms with van der Waals surface area (Å²) >= 11 is 5.89. The lowest BCUT2D eigenvalue weighted by molar-refractivity contribution is 0.102. The van der Waals surface area contributed by atoms with Crippen LogP contribution in [-0.2, 0) is 0 Å². The SMILES string of the molecule is Cc1c(-c2ccccc2)oc2c(C(=O)Nc3cc(Cl)ccc3F)cccc2c1=O. The van der Waals surface area contributed by atoms with E-state index in [0.29, 0.717) is 11.3 Å². The number of benzene rings is 3. The Morgan fingerprint density at radius 3 is 2.55 bits per heavy atom. The number of carbonyl (C=O) groups is 1. The predicted octanol–water partition coefficient (Wildman–Crippen LogP) is 5.81. The van der Waals surface area contributed by atoms with Crippen LogP contribution in [0.4, 0.5) is 10.1 Å². The third-order valence-corrected chi connectivity index (χ3v) is 4.84. The number of carbonyl (C=O) groups excluding carboxylic acids is 1. The topological polar surface area (TPSA) is 59.3 Å². The molecule has 1 heterocycles. The molecule has 1 aromatic heterocycles. The highest BCUT2D eigenvalue weighted by Crippen LogP contribution is 2.28. The van der Waals surface area contributed by atoms with E-state index in [0.717, 1.165) is 11.6 Å². The average Bonchev–Trinajstić information content (AvgIpc) is 2.73. The standard InChI is InChI=1S/C23H15ClFNO3/c1-13-20(27)16-8-5-9-17(22(16)29-21(13)14-6-3-2-4-7-14)23(28)26-19-12-15(24)10-11-18(19)25/h2-12H,1H3,(H,26,28). The Bertz CT molecular complexity index is 1300. The van der Waals surface area contributed by atoms with E-state index in [1.807, 2.05) is 30.3 Å². The molecule has 4 rings (SSSR count). The first-order chi connectivity index (χ1) is 14.0.